The summed E-state index contributed by atoms with van der Waals surface area (Å²) in [6, 6.07) is 16.4. The second-order valence-corrected chi connectivity index (χ2v) is 7.73. The Kier molecular flexibility index (Phi) is 9.20. The molecule has 0 aliphatic rings. The standard InChI is InChI=1S/C26H25ClFN3O4/c1-3-18-7-5-6-8-22(18)30-25(32)26(33)31-29-15-17-9-12-23(24(13-17)34-4-2)35-16-19-10-11-20(28)14-21(19)27/h5-15H,3-4,16H2,1-2H3,(H,30,32)(H,31,33)/b29-15+. The van der Waals surface area contributed by atoms with E-state index in [1.54, 1.807) is 36.4 Å². The number of hydrogen-bond acceptors (Lipinski definition) is 5. The summed E-state index contributed by atoms with van der Waals surface area (Å²) in [4.78, 5) is 24.3. The summed E-state index contributed by atoms with van der Waals surface area (Å²) in [5.41, 5.74) is 4.95. The molecule has 0 saturated carbocycles. The first kappa shape index (κ1) is 25.7. The van der Waals surface area contributed by atoms with Crippen LogP contribution in [0.3, 0.4) is 0 Å². The number of para-hydroxylation sites is 1. The molecule has 0 bridgehead atoms. The summed E-state index contributed by atoms with van der Waals surface area (Å²) >= 11 is 6.06. The number of aryl methyl sites for hydroxylation is 1. The van der Waals surface area contributed by atoms with Gasteiger partial charge < -0.3 is 14.8 Å². The molecule has 0 unspecified atom stereocenters. The summed E-state index contributed by atoms with van der Waals surface area (Å²) in [7, 11) is 0. The second-order valence-electron chi connectivity index (χ2n) is 7.33. The summed E-state index contributed by atoms with van der Waals surface area (Å²) < 4.78 is 24.7. The highest BCUT2D eigenvalue weighted by Gasteiger charge is 2.14. The van der Waals surface area contributed by atoms with Crippen LogP contribution >= 0.6 is 11.6 Å². The molecule has 2 N–H and O–H groups in total. The highest BCUT2D eigenvalue weighted by atomic mass is 35.5. The lowest BCUT2D eigenvalue weighted by Crippen LogP contribution is -2.32. The smallest absolute Gasteiger partial charge is 0.329 e. The van der Waals surface area contributed by atoms with Crippen molar-refractivity contribution in [3.05, 3.63) is 88.2 Å². The van der Waals surface area contributed by atoms with Gasteiger partial charge in [0.2, 0.25) is 0 Å². The first-order valence-corrected chi connectivity index (χ1v) is 11.3. The Labute approximate surface area is 207 Å². The quantitative estimate of drug-likeness (QED) is 0.244. The Balaban J connectivity index is 1.62. The molecule has 0 radical (unpaired) electrons. The number of nitrogens with zero attached hydrogens (tertiary/aromatic N) is 1. The third kappa shape index (κ3) is 7.28. The molecule has 0 aromatic heterocycles. The van der Waals surface area contributed by atoms with Crippen LogP contribution in [-0.2, 0) is 22.6 Å². The highest BCUT2D eigenvalue weighted by Crippen LogP contribution is 2.30. The fourth-order valence-corrected chi connectivity index (χ4v) is 3.35. The van der Waals surface area contributed by atoms with E-state index in [4.69, 9.17) is 21.1 Å². The molecule has 0 aliphatic heterocycles. The number of rotatable bonds is 9. The predicted octanol–water partition coefficient (Wildman–Crippen LogP) is 5.11. The van der Waals surface area contributed by atoms with Gasteiger partial charge >= 0.3 is 11.8 Å². The van der Waals surface area contributed by atoms with E-state index in [0.29, 0.717) is 34.9 Å². The number of halogens is 2. The van der Waals surface area contributed by atoms with Crippen LogP contribution in [0, 0.1) is 5.82 Å². The summed E-state index contributed by atoms with van der Waals surface area (Å²) in [6.07, 6.45) is 2.10. The van der Waals surface area contributed by atoms with Crippen LogP contribution in [-0.4, -0.2) is 24.6 Å². The average molecular weight is 498 g/mol. The zero-order valence-electron chi connectivity index (χ0n) is 19.3. The van der Waals surface area contributed by atoms with Crippen molar-refractivity contribution < 1.29 is 23.5 Å². The van der Waals surface area contributed by atoms with Gasteiger partial charge in [0.15, 0.2) is 11.5 Å². The van der Waals surface area contributed by atoms with Gasteiger partial charge in [0, 0.05) is 11.3 Å². The molecule has 0 atom stereocenters. The van der Waals surface area contributed by atoms with Crippen LogP contribution in [0.2, 0.25) is 5.02 Å². The van der Waals surface area contributed by atoms with Gasteiger partial charge in [-0.25, -0.2) is 9.82 Å². The molecular formula is C26H25ClFN3O4. The number of carbonyl (C=O) groups excluding carboxylic acids is 2. The van der Waals surface area contributed by atoms with Crippen molar-refractivity contribution in [2.24, 2.45) is 5.10 Å². The molecule has 0 fully saturated rings. The number of ether oxygens (including phenoxy) is 2. The van der Waals surface area contributed by atoms with E-state index < -0.39 is 17.6 Å². The van der Waals surface area contributed by atoms with Gasteiger partial charge in [-0.15, -0.1) is 0 Å². The van der Waals surface area contributed by atoms with Crippen LogP contribution in [0.1, 0.15) is 30.5 Å². The normalized spacial score (nSPS) is 10.7. The van der Waals surface area contributed by atoms with E-state index in [-0.39, 0.29) is 11.6 Å². The number of anilines is 1. The minimum atomic E-state index is -0.895. The first-order chi connectivity index (χ1) is 16.9. The maximum absolute atomic E-state index is 13.2. The number of nitrogens with one attached hydrogen (secondary N) is 2. The van der Waals surface area contributed by atoms with E-state index in [1.807, 2.05) is 26.0 Å². The van der Waals surface area contributed by atoms with Crippen molar-refractivity contribution in [3.63, 3.8) is 0 Å². The van der Waals surface area contributed by atoms with Gasteiger partial charge in [0.25, 0.3) is 0 Å². The summed E-state index contributed by atoms with van der Waals surface area (Å²) in [5.74, 6) is -1.22. The third-order valence-corrected chi connectivity index (χ3v) is 5.25. The van der Waals surface area contributed by atoms with Gasteiger partial charge in [0.1, 0.15) is 12.4 Å². The maximum Gasteiger partial charge on any atom is 0.329 e. The molecule has 182 valence electrons. The minimum Gasteiger partial charge on any atom is -0.490 e. The Bertz CT molecular complexity index is 1230. The van der Waals surface area contributed by atoms with Crippen molar-refractivity contribution in [3.8, 4) is 11.5 Å². The highest BCUT2D eigenvalue weighted by molar-refractivity contribution is 6.39. The van der Waals surface area contributed by atoms with Crippen LogP contribution in [0.15, 0.2) is 65.8 Å². The molecule has 35 heavy (non-hydrogen) atoms. The molecule has 0 aliphatic carbocycles. The third-order valence-electron chi connectivity index (χ3n) is 4.90. The zero-order valence-corrected chi connectivity index (χ0v) is 20.1. The molecule has 3 rings (SSSR count). The molecular weight excluding hydrogens is 473 g/mol. The fourth-order valence-electron chi connectivity index (χ4n) is 3.13. The average Bonchev–Trinajstić information content (AvgIpc) is 2.85. The molecule has 0 spiro atoms. The molecule has 3 aromatic rings. The van der Waals surface area contributed by atoms with E-state index in [1.165, 1.54) is 18.3 Å². The van der Waals surface area contributed by atoms with Crippen LogP contribution in [0.25, 0.3) is 0 Å². The van der Waals surface area contributed by atoms with E-state index in [0.717, 1.165) is 12.0 Å². The molecule has 0 heterocycles. The topological polar surface area (TPSA) is 89.0 Å². The number of benzene rings is 3. The van der Waals surface area contributed by atoms with Gasteiger partial charge in [-0.05, 0) is 60.9 Å². The summed E-state index contributed by atoms with van der Waals surface area (Å²) in [5, 5.41) is 6.71. The monoisotopic (exact) mass is 497 g/mol. The lowest BCUT2D eigenvalue weighted by molar-refractivity contribution is -0.136. The Morgan fingerprint density at radius 1 is 0.971 bits per heavy atom. The van der Waals surface area contributed by atoms with E-state index in [2.05, 4.69) is 15.8 Å². The van der Waals surface area contributed by atoms with Crippen molar-refractivity contribution in [1.82, 2.24) is 5.43 Å². The second kappa shape index (κ2) is 12.5. The lowest BCUT2D eigenvalue weighted by atomic mass is 10.1. The molecule has 9 heteroatoms. The summed E-state index contributed by atoms with van der Waals surface area (Å²) in [6.45, 7) is 4.31. The lowest BCUT2D eigenvalue weighted by Gasteiger charge is -2.13. The molecule has 0 saturated heterocycles. The van der Waals surface area contributed by atoms with Crippen LogP contribution in [0.4, 0.5) is 10.1 Å². The van der Waals surface area contributed by atoms with Gasteiger partial charge in [0.05, 0.1) is 17.8 Å². The van der Waals surface area contributed by atoms with Crippen molar-refractivity contribution in [2.45, 2.75) is 26.9 Å². The van der Waals surface area contributed by atoms with Gasteiger partial charge in [-0.1, -0.05) is 42.8 Å². The number of carbonyl (C=O) groups is 2. The molecule has 7 nitrogen and oxygen atoms in total. The fraction of sp³-hybridized carbons (Fsp3) is 0.192. The minimum absolute atomic E-state index is 0.124. The molecule has 3 aromatic carbocycles. The Morgan fingerprint density at radius 3 is 2.51 bits per heavy atom. The number of amides is 2. The Morgan fingerprint density at radius 2 is 1.77 bits per heavy atom. The van der Waals surface area contributed by atoms with E-state index >= 15 is 0 Å². The Hall–Kier alpha value is -3.91. The van der Waals surface area contributed by atoms with Crippen molar-refractivity contribution in [2.75, 3.05) is 11.9 Å². The number of hydrogen-bond donors (Lipinski definition) is 2. The van der Waals surface area contributed by atoms with Crippen molar-refractivity contribution in [1.29, 1.82) is 0 Å². The van der Waals surface area contributed by atoms with Gasteiger partial charge in [-0.3, -0.25) is 9.59 Å². The largest absolute Gasteiger partial charge is 0.490 e. The number of hydrazone groups is 1. The van der Waals surface area contributed by atoms with Crippen molar-refractivity contribution >= 4 is 35.3 Å². The first-order valence-electron chi connectivity index (χ1n) is 11.0. The van der Waals surface area contributed by atoms with Gasteiger partial charge in [-0.2, -0.15) is 5.10 Å². The van der Waals surface area contributed by atoms with E-state index in [9.17, 15) is 14.0 Å². The SMILES string of the molecule is CCOc1cc(/C=N/NC(=O)C(=O)Nc2ccccc2CC)ccc1OCc1ccc(F)cc1Cl. The maximum atomic E-state index is 13.2. The predicted molar refractivity (Wildman–Crippen MR) is 134 cm³/mol. The van der Waals surface area contributed by atoms with Crippen LogP contribution < -0.4 is 20.2 Å². The zero-order chi connectivity index (χ0) is 25.2. The molecule has 2 amide bonds. The van der Waals surface area contributed by atoms with Crippen LogP contribution in [0.5, 0.6) is 11.5 Å².